The molecule has 0 aliphatic carbocycles. The zero-order chi connectivity index (χ0) is 22.2. The van der Waals surface area contributed by atoms with Gasteiger partial charge in [-0.15, -0.1) is 0 Å². The van der Waals surface area contributed by atoms with Crippen molar-refractivity contribution in [2.24, 2.45) is 11.8 Å². The van der Waals surface area contributed by atoms with Crippen molar-refractivity contribution in [3.05, 3.63) is 12.2 Å². The fourth-order valence-corrected chi connectivity index (χ4v) is 3.79. The monoisotopic (exact) mass is 422 g/mol. The molecule has 1 rings (SSSR count). The molecule has 0 amide bonds. The second-order valence-electron chi connectivity index (χ2n) is 8.23. The summed E-state index contributed by atoms with van der Waals surface area (Å²) in [5.41, 5.74) is 0. The quantitative estimate of drug-likeness (QED) is 0.141. The molecular formula is C24H38O6. The number of hydrogen-bond donors (Lipinski definition) is 0. The number of carbonyl (C=O) groups excluding carboxylic acids is 4. The number of esters is 3. The molecule has 1 heterocycles. The fourth-order valence-electron chi connectivity index (χ4n) is 3.79. The molecule has 0 aromatic carbocycles. The standard InChI is InChI=1S/C24H38O6/c1-19(25)14-10-6-3-4-7-11-15-20(21-18-23(27)30-24(21)28)16-12-8-5-9-13-17-22(26)29-2/h11,15,20-21H,3-10,12-14,16-18H2,1-2H3/b15-11+. The minimum atomic E-state index is -0.420. The van der Waals surface area contributed by atoms with Crippen LogP contribution in [0.15, 0.2) is 12.2 Å². The van der Waals surface area contributed by atoms with Crippen molar-refractivity contribution in [3.8, 4) is 0 Å². The fraction of sp³-hybridized carbons (Fsp3) is 0.750. The Balaban J connectivity index is 2.31. The maximum atomic E-state index is 12.0. The summed E-state index contributed by atoms with van der Waals surface area (Å²) in [6.07, 6.45) is 16.4. The average molecular weight is 423 g/mol. The largest absolute Gasteiger partial charge is 0.469 e. The van der Waals surface area contributed by atoms with Crippen molar-refractivity contribution in [2.75, 3.05) is 7.11 Å². The van der Waals surface area contributed by atoms with Crippen molar-refractivity contribution >= 4 is 23.7 Å². The number of ketones is 1. The van der Waals surface area contributed by atoms with Crippen LogP contribution in [0.5, 0.6) is 0 Å². The molecule has 0 spiro atoms. The number of cyclic esters (lactones) is 2. The summed E-state index contributed by atoms with van der Waals surface area (Å²) in [7, 11) is 1.41. The van der Waals surface area contributed by atoms with Gasteiger partial charge in [0, 0.05) is 12.8 Å². The zero-order valence-corrected chi connectivity index (χ0v) is 18.7. The Bertz CT molecular complexity index is 580. The van der Waals surface area contributed by atoms with Gasteiger partial charge in [-0.05, 0) is 44.9 Å². The summed E-state index contributed by atoms with van der Waals surface area (Å²) in [6, 6.07) is 0. The van der Waals surface area contributed by atoms with Gasteiger partial charge in [0.1, 0.15) is 5.78 Å². The average Bonchev–Trinajstić information content (AvgIpc) is 3.04. The van der Waals surface area contributed by atoms with E-state index in [1.54, 1.807) is 6.92 Å². The summed E-state index contributed by atoms with van der Waals surface area (Å²) in [5, 5.41) is 0. The lowest BCUT2D eigenvalue weighted by molar-refractivity contribution is -0.153. The summed E-state index contributed by atoms with van der Waals surface area (Å²) >= 11 is 0. The number of unbranched alkanes of at least 4 members (excludes halogenated alkanes) is 8. The highest BCUT2D eigenvalue weighted by molar-refractivity contribution is 5.94. The van der Waals surface area contributed by atoms with Crippen LogP contribution in [0.3, 0.4) is 0 Å². The lowest BCUT2D eigenvalue weighted by Crippen LogP contribution is -2.18. The molecule has 1 saturated heterocycles. The zero-order valence-electron chi connectivity index (χ0n) is 18.7. The Morgan fingerprint density at radius 3 is 2.27 bits per heavy atom. The summed E-state index contributed by atoms with van der Waals surface area (Å²) < 4.78 is 9.39. The van der Waals surface area contributed by atoms with Gasteiger partial charge >= 0.3 is 17.9 Å². The number of Topliss-reactive ketones (excluding diaryl/α,β-unsaturated/α-hetero) is 1. The van der Waals surface area contributed by atoms with E-state index in [1.165, 1.54) is 7.11 Å². The van der Waals surface area contributed by atoms with Gasteiger partial charge in [0.25, 0.3) is 0 Å². The van der Waals surface area contributed by atoms with Gasteiger partial charge in [-0.2, -0.15) is 0 Å². The first kappa shape index (κ1) is 26.1. The molecule has 30 heavy (non-hydrogen) atoms. The van der Waals surface area contributed by atoms with E-state index < -0.39 is 11.9 Å². The van der Waals surface area contributed by atoms with Crippen LogP contribution in [0.4, 0.5) is 0 Å². The van der Waals surface area contributed by atoms with Crippen LogP contribution in [0.1, 0.15) is 96.8 Å². The smallest absolute Gasteiger partial charge is 0.317 e. The van der Waals surface area contributed by atoms with Crippen LogP contribution in [0.25, 0.3) is 0 Å². The maximum absolute atomic E-state index is 12.0. The molecule has 0 radical (unpaired) electrons. The van der Waals surface area contributed by atoms with Crippen LogP contribution in [-0.2, 0) is 28.7 Å². The van der Waals surface area contributed by atoms with E-state index in [1.807, 2.05) is 0 Å². The number of hydrogen-bond acceptors (Lipinski definition) is 6. The maximum Gasteiger partial charge on any atom is 0.317 e. The molecule has 1 fully saturated rings. The first-order chi connectivity index (χ1) is 14.4. The highest BCUT2D eigenvalue weighted by Crippen LogP contribution is 2.30. The number of carbonyl (C=O) groups is 4. The molecule has 0 saturated carbocycles. The normalized spacial score (nSPS) is 17.3. The highest BCUT2D eigenvalue weighted by atomic mass is 16.6. The predicted molar refractivity (Wildman–Crippen MR) is 115 cm³/mol. The number of methoxy groups -OCH3 is 1. The van der Waals surface area contributed by atoms with E-state index >= 15 is 0 Å². The molecule has 6 heteroatoms. The molecular weight excluding hydrogens is 384 g/mol. The first-order valence-electron chi connectivity index (χ1n) is 11.4. The van der Waals surface area contributed by atoms with Gasteiger partial charge in [0.05, 0.1) is 19.4 Å². The van der Waals surface area contributed by atoms with Gasteiger partial charge in [0.15, 0.2) is 0 Å². The molecule has 1 aliphatic rings. The highest BCUT2D eigenvalue weighted by Gasteiger charge is 2.37. The number of ether oxygens (including phenoxy) is 2. The van der Waals surface area contributed by atoms with E-state index in [0.29, 0.717) is 12.8 Å². The van der Waals surface area contributed by atoms with Crippen LogP contribution in [-0.4, -0.2) is 30.8 Å². The summed E-state index contributed by atoms with van der Waals surface area (Å²) in [5.74, 6) is -1.04. The second-order valence-corrected chi connectivity index (χ2v) is 8.23. The van der Waals surface area contributed by atoms with Crippen molar-refractivity contribution < 1.29 is 28.7 Å². The van der Waals surface area contributed by atoms with E-state index in [2.05, 4.69) is 16.9 Å². The SMILES string of the molecule is COC(=O)CCCCCCCC(/C=C/CCCCCCC(C)=O)C1CC(=O)OC1=O. The summed E-state index contributed by atoms with van der Waals surface area (Å²) in [6.45, 7) is 1.63. The molecule has 0 bridgehead atoms. The van der Waals surface area contributed by atoms with Crippen LogP contribution in [0, 0.1) is 11.8 Å². The van der Waals surface area contributed by atoms with Gasteiger partial charge in [-0.25, -0.2) is 0 Å². The lowest BCUT2D eigenvalue weighted by atomic mass is 9.86. The Kier molecular flexibility index (Phi) is 13.7. The number of allylic oxidation sites excluding steroid dienone is 2. The van der Waals surface area contributed by atoms with E-state index in [-0.39, 0.29) is 30.0 Å². The first-order valence-corrected chi connectivity index (χ1v) is 11.4. The van der Waals surface area contributed by atoms with Crippen molar-refractivity contribution in [1.82, 2.24) is 0 Å². The number of rotatable bonds is 17. The van der Waals surface area contributed by atoms with Gasteiger partial charge in [-0.3, -0.25) is 14.4 Å². The molecule has 170 valence electrons. The second kappa shape index (κ2) is 15.8. The molecule has 0 aromatic rings. The van der Waals surface area contributed by atoms with E-state index in [4.69, 9.17) is 4.74 Å². The third-order valence-corrected chi connectivity index (χ3v) is 5.60. The summed E-state index contributed by atoms with van der Waals surface area (Å²) in [4.78, 5) is 45.5. The molecule has 0 aromatic heterocycles. The predicted octanol–water partition coefficient (Wildman–Crippen LogP) is 5.08. The molecule has 0 N–H and O–H groups in total. The molecule has 2 atom stereocenters. The van der Waals surface area contributed by atoms with Crippen molar-refractivity contribution in [2.45, 2.75) is 96.8 Å². The van der Waals surface area contributed by atoms with Crippen LogP contribution >= 0.6 is 0 Å². The van der Waals surface area contributed by atoms with Crippen LogP contribution < -0.4 is 0 Å². The van der Waals surface area contributed by atoms with Crippen molar-refractivity contribution in [3.63, 3.8) is 0 Å². The van der Waals surface area contributed by atoms with Crippen LogP contribution in [0.2, 0.25) is 0 Å². The molecule has 2 unspecified atom stereocenters. The van der Waals surface area contributed by atoms with E-state index in [9.17, 15) is 19.2 Å². The van der Waals surface area contributed by atoms with E-state index in [0.717, 1.165) is 70.6 Å². The Morgan fingerprint density at radius 2 is 1.63 bits per heavy atom. The third-order valence-electron chi connectivity index (χ3n) is 5.60. The molecule has 1 aliphatic heterocycles. The molecule has 6 nitrogen and oxygen atoms in total. The Labute approximate surface area is 180 Å². The minimum Gasteiger partial charge on any atom is -0.469 e. The van der Waals surface area contributed by atoms with Gasteiger partial charge in [-0.1, -0.05) is 50.7 Å². The van der Waals surface area contributed by atoms with Gasteiger partial charge < -0.3 is 14.3 Å². The van der Waals surface area contributed by atoms with Crippen molar-refractivity contribution in [1.29, 1.82) is 0 Å². The Hall–Kier alpha value is -1.98. The Morgan fingerprint density at radius 1 is 1.00 bits per heavy atom. The topological polar surface area (TPSA) is 86.7 Å². The van der Waals surface area contributed by atoms with Gasteiger partial charge in [0.2, 0.25) is 0 Å². The third kappa shape index (κ3) is 11.9. The minimum absolute atomic E-state index is 0.0386. The lowest BCUT2D eigenvalue weighted by Gasteiger charge is -2.16.